The molecule has 2 aromatic rings. The Morgan fingerprint density at radius 2 is 2.33 bits per heavy atom. The highest BCUT2D eigenvalue weighted by atomic mass is 16.1. The zero-order chi connectivity index (χ0) is 10.8. The first kappa shape index (κ1) is 9.64. The lowest BCUT2D eigenvalue weighted by atomic mass is 10.3. The molecule has 0 unspecified atom stereocenters. The van der Waals surface area contributed by atoms with Crippen LogP contribution in [0.5, 0.6) is 0 Å². The van der Waals surface area contributed by atoms with E-state index in [4.69, 9.17) is 0 Å². The van der Waals surface area contributed by atoms with Gasteiger partial charge in [-0.15, -0.1) is 0 Å². The number of aromatic nitrogens is 4. The van der Waals surface area contributed by atoms with E-state index in [1.165, 1.54) is 6.07 Å². The van der Waals surface area contributed by atoms with E-state index in [9.17, 15) is 4.79 Å². The third-order valence-corrected chi connectivity index (χ3v) is 2.21. The van der Waals surface area contributed by atoms with E-state index in [-0.39, 0.29) is 5.56 Å². The van der Waals surface area contributed by atoms with E-state index in [0.717, 1.165) is 5.69 Å². The Morgan fingerprint density at radius 1 is 1.53 bits per heavy atom. The van der Waals surface area contributed by atoms with Crippen molar-refractivity contribution in [3.63, 3.8) is 0 Å². The average molecular weight is 204 g/mol. The first-order valence-corrected chi connectivity index (χ1v) is 4.79. The fourth-order valence-electron chi connectivity index (χ4n) is 1.43. The summed E-state index contributed by atoms with van der Waals surface area (Å²) >= 11 is 0. The molecule has 5 heteroatoms. The zero-order valence-corrected chi connectivity index (χ0v) is 8.69. The lowest BCUT2D eigenvalue weighted by Crippen LogP contribution is -2.11. The van der Waals surface area contributed by atoms with Crippen LogP contribution in [0.1, 0.15) is 12.7 Å². The number of nitrogens with zero attached hydrogens (tertiary/aromatic N) is 3. The van der Waals surface area contributed by atoms with E-state index in [0.29, 0.717) is 17.9 Å². The van der Waals surface area contributed by atoms with Gasteiger partial charge >= 0.3 is 0 Å². The second-order valence-electron chi connectivity index (χ2n) is 3.27. The highest BCUT2D eigenvalue weighted by Crippen LogP contribution is 2.13. The van der Waals surface area contributed by atoms with Crippen LogP contribution in [-0.2, 0) is 13.5 Å². The maximum Gasteiger partial charge on any atom is 0.251 e. The lowest BCUT2D eigenvalue weighted by Gasteiger charge is -2.02. The Balaban J connectivity index is 2.58. The summed E-state index contributed by atoms with van der Waals surface area (Å²) in [7, 11) is 1.82. The third kappa shape index (κ3) is 1.81. The molecule has 2 heterocycles. The molecule has 1 N–H and O–H groups in total. The predicted molar refractivity (Wildman–Crippen MR) is 56.4 cm³/mol. The van der Waals surface area contributed by atoms with Gasteiger partial charge in [0.15, 0.2) is 0 Å². The summed E-state index contributed by atoms with van der Waals surface area (Å²) < 4.78 is 1.70. The molecule has 0 aromatic carbocycles. The van der Waals surface area contributed by atoms with E-state index >= 15 is 0 Å². The highest BCUT2D eigenvalue weighted by molar-refractivity contribution is 5.53. The van der Waals surface area contributed by atoms with E-state index in [1.54, 1.807) is 10.9 Å². The molecule has 0 aliphatic heterocycles. The van der Waals surface area contributed by atoms with Crippen molar-refractivity contribution in [1.82, 2.24) is 19.7 Å². The smallest absolute Gasteiger partial charge is 0.251 e. The van der Waals surface area contributed by atoms with Crippen LogP contribution in [0.3, 0.4) is 0 Å². The topological polar surface area (TPSA) is 63.6 Å². The van der Waals surface area contributed by atoms with E-state index in [1.807, 2.05) is 20.0 Å². The van der Waals surface area contributed by atoms with Gasteiger partial charge in [0, 0.05) is 25.7 Å². The Hall–Kier alpha value is -1.91. The molecule has 0 spiro atoms. The number of hydrogen-bond donors (Lipinski definition) is 1. The molecule has 0 amide bonds. The monoisotopic (exact) mass is 204 g/mol. The standard InChI is InChI=1S/C10H12N4O/c1-3-9-12-7(6-10(15)13-9)8-4-5-11-14(8)2/h4-6H,3H2,1-2H3,(H,12,13,15). The molecule has 2 rings (SSSR count). The van der Waals surface area contributed by atoms with Gasteiger partial charge in [-0.1, -0.05) is 6.92 Å². The molecule has 15 heavy (non-hydrogen) atoms. The maximum absolute atomic E-state index is 11.4. The average Bonchev–Trinajstić information content (AvgIpc) is 2.63. The number of H-pyrrole nitrogens is 1. The molecule has 78 valence electrons. The number of aryl methyl sites for hydroxylation is 2. The third-order valence-electron chi connectivity index (χ3n) is 2.21. The largest absolute Gasteiger partial charge is 0.311 e. The van der Waals surface area contributed by atoms with Crippen molar-refractivity contribution in [3.05, 3.63) is 34.5 Å². The van der Waals surface area contributed by atoms with Crippen molar-refractivity contribution in [2.75, 3.05) is 0 Å². The van der Waals surface area contributed by atoms with Gasteiger partial charge in [0.25, 0.3) is 5.56 Å². The molecule has 0 saturated heterocycles. The summed E-state index contributed by atoms with van der Waals surface area (Å²) in [6.45, 7) is 1.95. The summed E-state index contributed by atoms with van der Waals surface area (Å²) in [6, 6.07) is 3.32. The minimum atomic E-state index is -0.127. The second kappa shape index (κ2) is 3.68. The number of hydrogen-bond acceptors (Lipinski definition) is 3. The zero-order valence-electron chi connectivity index (χ0n) is 8.69. The Kier molecular flexibility index (Phi) is 2.37. The van der Waals surface area contributed by atoms with E-state index < -0.39 is 0 Å². The first-order chi connectivity index (χ1) is 7.20. The molecule has 0 saturated carbocycles. The Morgan fingerprint density at radius 3 is 2.93 bits per heavy atom. The van der Waals surface area contributed by atoms with Gasteiger partial charge in [0.2, 0.25) is 0 Å². The fourth-order valence-corrected chi connectivity index (χ4v) is 1.43. The number of aromatic amines is 1. The molecular weight excluding hydrogens is 192 g/mol. The second-order valence-corrected chi connectivity index (χ2v) is 3.27. The summed E-state index contributed by atoms with van der Waals surface area (Å²) in [4.78, 5) is 18.4. The van der Waals surface area contributed by atoms with Crippen molar-refractivity contribution in [2.45, 2.75) is 13.3 Å². The van der Waals surface area contributed by atoms with E-state index in [2.05, 4.69) is 15.1 Å². The van der Waals surface area contributed by atoms with Gasteiger partial charge in [-0.3, -0.25) is 9.48 Å². The van der Waals surface area contributed by atoms with Crippen molar-refractivity contribution in [3.8, 4) is 11.4 Å². The summed E-state index contributed by atoms with van der Waals surface area (Å²) in [5.74, 6) is 0.693. The lowest BCUT2D eigenvalue weighted by molar-refractivity contribution is 0.770. The van der Waals surface area contributed by atoms with Crippen LogP contribution in [0.15, 0.2) is 23.1 Å². The normalized spacial score (nSPS) is 10.5. The number of rotatable bonds is 2. The van der Waals surface area contributed by atoms with Gasteiger partial charge in [-0.05, 0) is 6.07 Å². The Bertz CT molecular complexity index is 526. The van der Waals surface area contributed by atoms with Gasteiger partial charge in [-0.2, -0.15) is 5.10 Å². The van der Waals surface area contributed by atoms with Crippen molar-refractivity contribution in [2.24, 2.45) is 7.05 Å². The van der Waals surface area contributed by atoms with Gasteiger partial charge < -0.3 is 4.98 Å². The molecule has 0 bridgehead atoms. The molecule has 0 aliphatic carbocycles. The van der Waals surface area contributed by atoms with Crippen molar-refractivity contribution < 1.29 is 0 Å². The highest BCUT2D eigenvalue weighted by Gasteiger charge is 2.06. The van der Waals surface area contributed by atoms with Crippen LogP contribution in [0.2, 0.25) is 0 Å². The van der Waals surface area contributed by atoms with Crippen LogP contribution in [-0.4, -0.2) is 19.7 Å². The Labute approximate surface area is 86.8 Å². The van der Waals surface area contributed by atoms with Crippen molar-refractivity contribution in [1.29, 1.82) is 0 Å². The SMILES string of the molecule is CCc1nc(-c2ccnn2C)cc(=O)[nH]1. The predicted octanol–water partition coefficient (Wildman–Crippen LogP) is 0.733. The summed E-state index contributed by atoms with van der Waals surface area (Å²) in [5.41, 5.74) is 1.38. The molecule has 0 fully saturated rings. The first-order valence-electron chi connectivity index (χ1n) is 4.79. The number of nitrogens with one attached hydrogen (secondary N) is 1. The van der Waals surface area contributed by atoms with Crippen LogP contribution >= 0.6 is 0 Å². The van der Waals surface area contributed by atoms with Gasteiger partial charge in [0.05, 0.1) is 11.4 Å². The molecule has 0 aliphatic rings. The minimum absolute atomic E-state index is 0.127. The maximum atomic E-state index is 11.4. The molecular formula is C10H12N4O. The minimum Gasteiger partial charge on any atom is -0.311 e. The molecule has 2 aromatic heterocycles. The summed E-state index contributed by atoms with van der Waals surface area (Å²) in [5, 5.41) is 4.04. The fraction of sp³-hybridized carbons (Fsp3) is 0.300. The van der Waals surface area contributed by atoms with Gasteiger partial charge in [0.1, 0.15) is 5.82 Å². The van der Waals surface area contributed by atoms with Crippen LogP contribution in [0, 0.1) is 0 Å². The van der Waals surface area contributed by atoms with Crippen LogP contribution in [0.4, 0.5) is 0 Å². The molecule has 5 nitrogen and oxygen atoms in total. The summed E-state index contributed by atoms with van der Waals surface area (Å²) in [6.07, 6.45) is 2.39. The van der Waals surface area contributed by atoms with Crippen LogP contribution in [0.25, 0.3) is 11.4 Å². The molecule has 0 atom stereocenters. The molecule has 0 radical (unpaired) electrons. The van der Waals surface area contributed by atoms with Gasteiger partial charge in [-0.25, -0.2) is 4.98 Å². The quantitative estimate of drug-likeness (QED) is 0.784. The van der Waals surface area contributed by atoms with Crippen LogP contribution < -0.4 is 5.56 Å². The van der Waals surface area contributed by atoms with Crippen molar-refractivity contribution >= 4 is 0 Å².